The third-order valence-corrected chi connectivity index (χ3v) is 35.8. The first-order valence-electron chi connectivity index (χ1n) is 53.6. The topological polar surface area (TPSA) is 6.48 Å². The highest BCUT2D eigenvalue weighted by molar-refractivity contribution is 5.98. The van der Waals surface area contributed by atoms with Gasteiger partial charge in [0.1, 0.15) is 0 Å². The van der Waals surface area contributed by atoms with E-state index in [9.17, 15) is 0 Å². The number of anilines is 6. The molecule has 21 aromatic carbocycles. The summed E-state index contributed by atoms with van der Waals surface area (Å²) in [5, 5.41) is 5.06. The number of aryl methyl sites for hydroxylation is 2. The highest BCUT2D eigenvalue weighted by Gasteiger charge is 2.46. The summed E-state index contributed by atoms with van der Waals surface area (Å²) in [4.78, 5) is 5.11. The van der Waals surface area contributed by atoms with Crippen LogP contribution in [0, 0.1) is 19.8 Å². The number of hydrogen-bond donors (Lipinski definition) is 0. The van der Waals surface area contributed by atoms with Gasteiger partial charge in [-0.25, -0.2) is 0 Å². The third-order valence-electron chi connectivity index (χ3n) is 35.8. The first-order valence-corrected chi connectivity index (χ1v) is 53.6. The van der Waals surface area contributed by atoms with Gasteiger partial charge >= 0.3 is 0 Å². The van der Waals surface area contributed by atoms with E-state index in [4.69, 9.17) is 0 Å². The van der Waals surface area contributed by atoms with Gasteiger partial charge in [0.25, 0.3) is 0 Å². The molecule has 0 heterocycles. The predicted molar refractivity (Wildman–Crippen MR) is 630 cm³/mol. The van der Waals surface area contributed by atoms with E-state index < -0.39 is 0 Å². The van der Waals surface area contributed by atoms with Gasteiger partial charge < -0.3 is 9.80 Å². The van der Waals surface area contributed by atoms with Crippen molar-refractivity contribution in [3.8, 4) is 134 Å². The minimum absolute atomic E-state index is 0.181. The van der Waals surface area contributed by atoms with Gasteiger partial charge in [-0.2, -0.15) is 0 Å². The van der Waals surface area contributed by atoms with Crippen molar-refractivity contribution in [2.24, 2.45) is 5.92 Å². The number of allylic oxidation sites excluding steroid dienone is 2. The van der Waals surface area contributed by atoms with Crippen LogP contribution in [0.15, 0.2) is 455 Å². The molecule has 2 nitrogen and oxygen atoms in total. The highest BCUT2D eigenvalue weighted by atomic mass is 15.1. The molecule has 0 spiro atoms. The predicted octanol–water partition coefficient (Wildman–Crippen LogP) is 40.0. The summed E-state index contributed by atoms with van der Waals surface area (Å²) >= 11 is 0. The molecule has 0 amide bonds. The van der Waals surface area contributed by atoms with Crippen LogP contribution in [-0.4, -0.2) is 0 Å². The zero-order valence-corrected chi connectivity index (χ0v) is 87.2. The van der Waals surface area contributed by atoms with Gasteiger partial charge in [-0.1, -0.05) is 404 Å². The Labute approximate surface area is 878 Å². The van der Waals surface area contributed by atoms with Gasteiger partial charge in [-0.15, -0.1) is 0 Å². The molecule has 7 aliphatic rings. The standard InChI is InChI=1S/C78H61N.C69H59N/c1-48-15-8-13-22-63(48)59-21-14-20-53(41-59)56-27-33-64-67-36-30-60(45-73(67)76(2,3)70(64)42-56)79(61-31-37-68-65-34-28-57(43-71(65)77(4,5)74(68)46-61)54-25-23-49-16-9-11-18-51(49)39-54)62-32-38-69-66-35-29-58(44-72(66)78(6,7)75(69)47-62)55-26-24-50-17-10-12-19-52(50)40-55;1-43-16-13-14-23-55(43)51-22-15-21-47(36-51)50-26-32-59-61-35-29-54(42-67(61)69(5,6)65(59)39-50)70(52-27-33-57-56-30-24-48(45-17-9-7-10-18-45)37-62(56)44(2)63(57)40-52)53-28-34-60-58-31-25-49(46-19-11-8-12-20-46)38-64(58)68(3,4)66(60)41-53/h8-47H,1-7H3;7-36,38-42,44,48,56,62H,37H2,1-6H3. The van der Waals surface area contributed by atoms with E-state index in [1.807, 2.05) is 0 Å². The van der Waals surface area contributed by atoms with Crippen molar-refractivity contribution < 1.29 is 0 Å². The van der Waals surface area contributed by atoms with Gasteiger partial charge in [0, 0.05) is 73.0 Å². The van der Waals surface area contributed by atoms with Crippen molar-refractivity contribution in [3.05, 3.63) is 538 Å². The monoisotopic (exact) mass is 1910 g/mol. The van der Waals surface area contributed by atoms with Crippen LogP contribution in [0.3, 0.4) is 0 Å². The van der Waals surface area contributed by atoms with E-state index in [2.05, 4.69) is 555 Å². The summed E-state index contributed by atoms with van der Waals surface area (Å²) in [6.45, 7) is 31.1. The van der Waals surface area contributed by atoms with Crippen molar-refractivity contribution >= 4 is 55.7 Å². The summed E-state index contributed by atoms with van der Waals surface area (Å²) in [7, 11) is 0. The summed E-state index contributed by atoms with van der Waals surface area (Å²) in [6, 6.07) is 168. The van der Waals surface area contributed by atoms with Crippen molar-refractivity contribution in [3.63, 3.8) is 0 Å². The van der Waals surface area contributed by atoms with Crippen LogP contribution in [0.25, 0.3) is 155 Å². The van der Waals surface area contributed by atoms with Crippen LogP contribution in [-0.2, 0) is 27.1 Å². The Morgan fingerprint density at radius 1 is 0.195 bits per heavy atom. The van der Waals surface area contributed by atoms with E-state index in [1.165, 1.54) is 262 Å². The molecule has 0 aromatic heterocycles. The number of fused-ring (bicyclic) bond motifs is 20. The van der Waals surface area contributed by atoms with Crippen LogP contribution < -0.4 is 9.80 Å². The molecule has 0 bridgehead atoms. The summed E-state index contributed by atoms with van der Waals surface area (Å²) < 4.78 is 0. The molecular formula is C147H120N2. The van der Waals surface area contributed by atoms with Crippen molar-refractivity contribution in [1.29, 1.82) is 0 Å². The zero-order valence-electron chi connectivity index (χ0n) is 87.2. The molecular weight excluding hydrogens is 1790 g/mol. The zero-order chi connectivity index (χ0) is 101. The fraction of sp³-hybridized carbons (Fsp3) is 0.156. The second-order valence-corrected chi connectivity index (χ2v) is 46.0. The van der Waals surface area contributed by atoms with Crippen LogP contribution in [0.2, 0.25) is 0 Å². The fourth-order valence-electron chi connectivity index (χ4n) is 27.4. The molecule has 0 saturated carbocycles. The minimum atomic E-state index is -0.245. The maximum absolute atomic E-state index is 2.56. The van der Waals surface area contributed by atoms with Crippen molar-refractivity contribution in [2.75, 3.05) is 9.80 Å². The lowest BCUT2D eigenvalue weighted by Crippen LogP contribution is -2.19. The summed E-state index contributed by atoms with van der Waals surface area (Å²) in [5.41, 5.74) is 57.4. The maximum atomic E-state index is 2.56. The smallest absolute Gasteiger partial charge is 0.0465 e. The third kappa shape index (κ3) is 14.8. The summed E-state index contributed by atoms with van der Waals surface area (Å²) in [6.07, 6.45) is 6.19. The molecule has 0 saturated heterocycles. The van der Waals surface area contributed by atoms with Gasteiger partial charge in [0.05, 0.1) is 0 Å². The van der Waals surface area contributed by atoms with E-state index in [0.29, 0.717) is 23.7 Å². The molecule has 4 atom stereocenters. The van der Waals surface area contributed by atoms with Crippen LogP contribution in [0.1, 0.15) is 184 Å². The van der Waals surface area contributed by atoms with E-state index in [0.717, 1.165) is 17.1 Å². The second kappa shape index (κ2) is 34.6. The number of nitrogens with zero attached hydrogens (tertiary/aromatic N) is 2. The first-order chi connectivity index (χ1) is 72.3. The molecule has 149 heavy (non-hydrogen) atoms. The molecule has 0 radical (unpaired) electrons. The Hall–Kier alpha value is -16.5. The molecule has 7 aliphatic carbocycles. The molecule has 4 unspecified atom stereocenters. The summed E-state index contributed by atoms with van der Waals surface area (Å²) in [5.74, 6) is 1.92. The molecule has 0 aliphatic heterocycles. The molecule has 718 valence electrons. The first kappa shape index (κ1) is 91.2. The lowest BCUT2D eigenvalue weighted by molar-refractivity contribution is 0.383. The van der Waals surface area contributed by atoms with E-state index in [-0.39, 0.29) is 27.1 Å². The Balaban J connectivity index is 0.000000148. The Bertz CT molecular complexity index is 8970. The SMILES string of the molecule is Cc1ccccc1-c1cccc(-c2ccc3c(c2)C(C)(C)c2cc(N(c4ccc5c(c4)C(C)(C)c4cc(-c6ccc7ccccc7c6)ccc4-5)c4ccc5c(c4)C(C)(C)c4cc(-c6ccc7ccccc7c6)ccc4-5)ccc2-3)c1.Cc1ccccc1-c1cccc(-c2ccc3c(c2)C(C)(C)c2cc(N(c4ccc5c(c4)C(C)C4CC(c6ccccc6)C=CC54)c4ccc5c(c4)C(C)(C)c4cc(-c6ccccc6)ccc4-5)ccc2-3)c1. The largest absolute Gasteiger partial charge is 0.310 e. The molecule has 21 aromatic rings. The molecule has 0 fully saturated rings. The fourth-order valence-corrected chi connectivity index (χ4v) is 27.4. The average molecular weight is 1910 g/mol. The number of benzene rings is 21. The quantitative estimate of drug-likeness (QED) is 0.100. The Morgan fingerprint density at radius 3 is 0.826 bits per heavy atom. The van der Waals surface area contributed by atoms with Crippen molar-refractivity contribution in [1.82, 2.24) is 0 Å². The van der Waals surface area contributed by atoms with Gasteiger partial charge in [-0.05, 0) is 398 Å². The van der Waals surface area contributed by atoms with Gasteiger partial charge in [-0.3, -0.25) is 0 Å². The van der Waals surface area contributed by atoms with Crippen LogP contribution >= 0.6 is 0 Å². The highest BCUT2D eigenvalue weighted by Crippen LogP contribution is 2.62. The normalized spacial score (nSPS) is 16.8. The Morgan fingerprint density at radius 2 is 0.463 bits per heavy atom. The van der Waals surface area contributed by atoms with E-state index in [1.54, 1.807) is 0 Å². The molecule has 0 N–H and O–H groups in total. The average Bonchev–Trinajstić information content (AvgIpc) is 1.57. The minimum Gasteiger partial charge on any atom is -0.310 e. The van der Waals surface area contributed by atoms with Crippen LogP contribution in [0.4, 0.5) is 34.1 Å². The van der Waals surface area contributed by atoms with Gasteiger partial charge in [0.15, 0.2) is 0 Å². The van der Waals surface area contributed by atoms with Crippen molar-refractivity contribution in [2.45, 2.75) is 141 Å². The molecule has 28 rings (SSSR count). The number of hydrogen-bond acceptors (Lipinski definition) is 2. The van der Waals surface area contributed by atoms with E-state index >= 15 is 0 Å². The Kier molecular flexibility index (Phi) is 21.2. The van der Waals surface area contributed by atoms with Crippen LogP contribution in [0.5, 0.6) is 0 Å². The maximum Gasteiger partial charge on any atom is 0.0465 e. The lowest BCUT2D eigenvalue weighted by Gasteiger charge is -2.31. The second-order valence-electron chi connectivity index (χ2n) is 46.0. The molecule has 2 heteroatoms. The lowest BCUT2D eigenvalue weighted by atomic mass is 9.74. The number of rotatable bonds is 14. The van der Waals surface area contributed by atoms with Gasteiger partial charge in [0.2, 0.25) is 0 Å².